The van der Waals surface area contributed by atoms with Crippen LogP contribution in [0.25, 0.3) is 0 Å². The molecule has 1 heterocycles. The lowest BCUT2D eigenvalue weighted by Gasteiger charge is -2.15. The van der Waals surface area contributed by atoms with Gasteiger partial charge in [0.1, 0.15) is 5.75 Å². The Morgan fingerprint density at radius 3 is 2.42 bits per heavy atom. The first-order valence-electron chi connectivity index (χ1n) is 8.60. The van der Waals surface area contributed by atoms with E-state index in [1.165, 1.54) is 11.1 Å². The Labute approximate surface area is 167 Å². The lowest BCUT2D eigenvalue weighted by atomic mass is 10.2. The predicted octanol–water partition coefficient (Wildman–Crippen LogP) is 5.80. The summed E-state index contributed by atoms with van der Waals surface area (Å²) < 4.78 is 9.27. The molecule has 4 nitrogen and oxygen atoms in total. The molecule has 26 heavy (non-hydrogen) atoms. The number of hydrogen-bond acceptors (Lipinski definition) is 4. The monoisotopic (exact) mass is 431 g/mol. The van der Waals surface area contributed by atoms with Crippen molar-refractivity contribution in [3.05, 3.63) is 70.0 Å². The van der Waals surface area contributed by atoms with Gasteiger partial charge in [-0.1, -0.05) is 57.5 Å². The van der Waals surface area contributed by atoms with Crippen molar-refractivity contribution >= 4 is 27.7 Å². The van der Waals surface area contributed by atoms with Crippen molar-refractivity contribution < 1.29 is 4.74 Å². The van der Waals surface area contributed by atoms with E-state index in [2.05, 4.69) is 68.8 Å². The molecule has 0 radical (unpaired) electrons. The smallest absolute Gasteiger partial charge is 0.191 e. The Balaban J connectivity index is 1.70. The van der Waals surface area contributed by atoms with E-state index in [4.69, 9.17) is 4.74 Å². The van der Waals surface area contributed by atoms with E-state index in [1.807, 2.05) is 31.2 Å². The van der Waals surface area contributed by atoms with Crippen molar-refractivity contribution in [2.24, 2.45) is 0 Å². The standard InChI is InChI=1S/C20H22BrN3OS/c1-4-24-19(15(3)25-18-11-5-14(2)6-12-18)22-23-20(24)26-13-16-7-9-17(21)10-8-16/h5-12,15H,4,13H2,1-3H3. The van der Waals surface area contributed by atoms with Crippen molar-refractivity contribution in [2.75, 3.05) is 0 Å². The molecule has 136 valence electrons. The zero-order valence-corrected chi connectivity index (χ0v) is 17.5. The lowest BCUT2D eigenvalue weighted by Crippen LogP contribution is -2.12. The van der Waals surface area contributed by atoms with Crippen LogP contribution in [0.4, 0.5) is 0 Å². The highest BCUT2D eigenvalue weighted by Gasteiger charge is 2.18. The molecular formula is C20H22BrN3OS. The van der Waals surface area contributed by atoms with E-state index in [1.54, 1.807) is 11.8 Å². The van der Waals surface area contributed by atoms with Gasteiger partial charge in [-0.25, -0.2) is 0 Å². The van der Waals surface area contributed by atoms with Gasteiger partial charge in [-0.05, 0) is 50.6 Å². The van der Waals surface area contributed by atoms with Crippen LogP contribution in [0.2, 0.25) is 0 Å². The van der Waals surface area contributed by atoms with Gasteiger partial charge in [-0.2, -0.15) is 0 Å². The van der Waals surface area contributed by atoms with Gasteiger partial charge in [0.15, 0.2) is 17.1 Å². The summed E-state index contributed by atoms with van der Waals surface area (Å²) in [5, 5.41) is 9.69. The predicted molar refractivity (Wildman–Crippen MR) is 110 cm³/mol. The molecule has 0 spiro atoms. The fourth-order valence-electron chi connectivity index (χ4n) is 2.61. The number of aryl methyl sites for hydroxylation is 1. The van der Waals surface area contributed by atoms with Crippen LogP contribution >= 0.6 is 27.7 Å². The lowest BCUT2D eigenvalue weighted by molar-refractivity contribution is 0.210. The molecule has 1 unspecified atom stereocenters. The number of rotatable bonds is 7. The summed E-state index contributed by atoms with van der Waals surface area (Å²) in [6.07, 6.45) is -0.160. The first kappa shape index (κ1) is 19.0. The molecule has 1 atom stereocenters. The highest BCUT2D eigenvalue weighted by molar-refractivity contribution is 9.10. The first-order chi connectivity index (χ1) is 12.6. The summed E-state index contributed by atoms with van der Waals surface area (Å²) in [5.74, 6) is 2.56. The number of hydrogen-bond donors (Lipinski definition) is 0. The van der Waals surface area contributed by atoms with Gasteiger partial charge < -0.3 is 9.30 Å². The van der Waals surface area contributed by atoms with E-state index >= 15 is 0 Å². The highest BCUT2D eigenvalue weighted by atomic mass is 79.9. The number of nitrogens with zero attached hydrogens (tertiary/aromatic N) is 3. The molecule has 3 aromatic rings. The Morgan fingerprint density at radius 2 is 1.77 bits per heavy atom. The van der Waals surface area contributed by atoms with Gasteiger partial charge in [0.05, 0.1) is 0 Å². The molecular weight excluding hydrogens is 410 g/mol. The number of halogens is 1. The van der Waals surface area contributed by atoms with Crippen molar-refractivity contribution in [1.29, 1.82) is 0 Å². The van der Waals surface area contributed by atoms with Crippen molar-refractivity contribution in [3.63, 3.8) is 0 Å². The van der Waals surface area contributed by atoms with Gasteiger partial charge >= 0.3 is 0 Å². The van der Waals surface area contributed by atoms with Gasteiger partial charge in [0, 0.05) is 16.8 Å². The van der Waals surface area contributed by atoms with Gasteiger partial charge in [0.2, 0.25) is 0 Å². The maximum absolute atomic E-state index is 6.05. The van der Waals surface area contributed by atoms with Gasteiger partial charge in [-0.3, -0.25) is 0 Å². The second kappa shape index (κ2) is 8.73. The maximum atomic E-state index is 6.05. The molecule has 0 amide bonds. The van der Waals surface area contributed by atoms with E-state index in [9.17, 15) is 0 Å². The maximum Gasteiger partial charge on any atom is 0.191 e. The van der Waals surface area contributed by atoms with Gasteiger partial charge in [-0.15, -0.1) is 10.2 Å². The van der Waals surface area contributed by atoms with Crippen LogP contribution in [0.15, 0.2) is 58.2 Å². The summed E-state index contributed by atoms with van der Waals surface area (Å²) in [7, 11) is 0. The van der Waals surface area contributed by atoms with Crippen molar-refractivity contribution in [1.82, 2.24) is 14.8 Å². The van der Waals surface area contributed by atoms with Crippen LogP contribution in [0.1, 0.15) is 36.9 Å². The number of aromatic nitrogens is 3. The fourth-order valence-corrected chi connectivity index (χ4v) is 3.84. The molecule has 3 rings (SSSR count). The number of benzene rings is 2. The number of thioether (sulfide) groups is 1. The average molecular weight is 432 g/mol. The van der Waals surface area contributed by atoms with Crippen molar-refractivity contribution in [3.8, 4) is 5.75 Å². The van der Waals surface area contributed by atoms with Crippen LogP contribution < -0.4 is 4.74 Å². The third kappa shape index (κ3) is 4.68. The van der Waals surface area contributed by atoms with Crippen LogP contribution in [0.3, 0.4) is 0 Å². The van der Waals surface area contributed by atoms with E-state index in [0.29, 0.717) is 0 Å². The topological polar surface area (TPSA) is 39.9 Å². The highest BCUT2D eigenvalue weighted by Crippen LogP contribution is 2.27. The Hall–Kier alpha value is -1.79. The summed E-state index contributed by atoms with van der Waals surface area (Å²) in [5.41, 5.74) is 2.47. The molecule has 0 bridgehead atoms. The second-order valence-electron chi connectivity index (χ2n) is 6.07. The van der Waals surface area contributed by atoms with Crippen molar-refractivity contribution in [2.45, 2.75) is 44.3 Å². The quantitative estimate of drug-likeness (QED) is 0.443. The SMILES string of the molecule is CCn1c(SCc2ccc(Br)cc2)nnc1C(C)Oc1ccc(C)cc1. The first-order valence-corrected chi connectivity index (χ1v) is 10.4. The summed E-state index contributed by atoms with van der Waals surface area (Å²) >= 11 is 5.16. The van der Waals surface area contributed by atoms with E-state index < -0.39 is 0 Å². The molecule has 0 aliphatic rings. The summed E-state index contributed by atoms with van der Waals surface area (Å²) in [6.45, 7) is 7.00. The fraction of sp³-hybridized carbons (Fsp3) is 0.300. The van der Waals surface area contributed by atoms with E-state index in [-0.39, 0.29) is 6.10 Å². The molecule has 6 heteroatoms. The average Bonchev–Trinajstić information content (AvgIpc) is 3.06. The third-order valence-electron chi connectivity index (χ3n) is 4.04. The zero-order valence-electron chi connectivity index (χ0n) is 15.1. The minimum Gasteiger partial charge on any atom is -0.483 e. The van der Waals surface area contributed by atoms with Crippen LogP contribution in [0.5, 0.6) is 5.75 Å². The zero-order chi connectivity index (χ0) is 18.5. The molecule has 0 N–H and O–H groups in total. The summed E-state index contributed by atoms with van der Waals surface area (Å²) in [4.78, 5) is 0. The van der Waals surface area contributed by atoms with E-state index in [0.717, 1.165) is 33.5 Å². The van der Waals surface area contributed by atoms with Crippen LogP contribution in [-0.2, 0) is 12.3 Å². The number of ether oxygens (including phenoxy) is 1. The van der Waals surface area contributed by atoms with Crippen LogP contribution in [0, 0.1) is 6.92 Å². The molecule has 0 saturated carbocycles. The Kier molecular flexibility index (Phi) is 6.38. The Bertz CT molecular complexity index is 846. The third-order valence-corrected chi connectivity index (χ3v) is 5.61. The molecule has 1 aromatic heterocycles. The van der Waals surface area contributed by atoms with Gasteiger partial charge in [0.25, 0.3) is 0 Å². The molecule has 0 saturated heterocycles. The normalized spacial score (nSPS) is 12.2. The molecule has 0 aliphatic carbocycles. The van der Waals surface area contributed by atoms with Crippen LogP contribution in [-0.4, -0.2) is 14.8 Å². The Morgan fingerprint density at radius 1 is 1.08 bits per heavy atom. The molecule has 0 aliphatic heterocycles. The minimum absolute atomic E-state index is 0.160. The molecule has 2 aromatic carbocycles. The molecule has 0 fully saturated rings. The minimum atomic E-state index is -0.160. The largest absolute Gasteiger partial charge is 0.483 e. The second-order valence-corrected chi connectivity index (χ2v) is 7.93. The summed E-state index contributed by atoms with van der Waals surface area (Å²) in [6, 6.07) is 16.4.